The van der Waals surface area contributed by atoms with E-state index in [9.17, 15) is 9.59 Å². The number of methoxy groups -OCH3 is 1. The summed E-state index contributed by atoms with van der Waals surface area (Å²) in [6.45, 7) is 1.75. The van der Waals surface area contributed by atoms with Crippen molar-refractivity contribution in [1.29, 1.82) is 0 Å². The van der Waals surface area contributed by atoms with Gasteiger partial charge in [0.25, 0.3) is 0 Å². The lowest BCUT2D eigenvalue weighted by atomic mass is 10.2. The van der Waals surface area contributed by atoms with Crippen LogP contribution in [0.15, 0.2) is 47.0 Å². The number of carbonyl (C=O) groups excluding carboxylic acids is 2. The highest BCUT2D eigenvalue weighted by Crippen LogP contribution is 2.25. The summed E-state index contributed by atoms with van der Waals surface area (Å²) < 4.78 is 10.4. The number of aryl methyl sites for hydroxylation is 2. The third-order valence-electron chi connectivity index (χ3n) is 4.21. The third kappa shape index (κ3) is 5.81. The van der Waals surface area contributed by atoms with Crippen LogP contribution < -0.4 is 15.4 Å². The van der Waals surface area contributed by atoms with Gasteiger partial charge < -0.3 is 19.9 Å². The molecule has 2 N–H and O–H groups in total. The molecular weight excluding hydrogens is 408 g/mol. The first-order chi connectivity index (χ1) is 14.4. The van der Waals surface area contributed by atoms with Crippen molar-refractivity contribution in [2.75, 3.05) is 19.0 Å². The Hall–Kier alpha value is -3.39. The maximum absolute atomic E-state index is 12.1. The lowest BCUT2D eigenvalue weighted by molar-refractivity contribution is -0.124. The van der Waals surface area contributed by atoms with Gasteiger partial charge in [0.1, 0.15) is 5.75 Å². The fourth-order valence-electron chi connectivity index (χ4n) is 2.67. The first-order valence-electron chi connectivity index (χ1n) is 9.24. The van der Waals surface area contributed by atoms with Gasteiger partial charge in [0.15, 0.2) is 0 Å². The van der Waals surface area contributed by atoms with Crippen LogP contribution in [0.25, 0.3) is 11.4 Å². The molecule has 2 aromatic carbocycles. The van der Waals surface area contributed by atoms with E-state index in [-0.39, 0.29) is 31.2 Å². The topological polar surface area (TPSA) is 106 Å². The van der Waals surface area contributed by atoms with E-state index in [0.717, 1.165) is 11.1 Å². The average molecular weight is 429 g/mol. The Morgan fingerprint density at radius 3 is 2.63 bits per heavy atom. The van der Waals surface area contributed by atoms with Crippen LogP contribution in [-0.2, 0) is 16.0 Å². The number of hydrogen-bond donors (Lipinski definition) is 2. The van der Waals surface area contributed by atoms with Crippen LogP contribution in [0.5, 0.6) is 5.75 Å². The average Bonchev–Trinajstić information content (AvgIpc) is 3.20. The van der Waals surface area contributed by atoms with Crippen LogP contribution in [0.2, 0.25) is 5.02 Å². The number of halogens is 1. The van der Waals surface area contributed by atoms with Gasteiger partial charge in [-0.1, -0.05) is 22.8 Å². The monoisotopic (exact) mass is 428 g/mol. The summed E-state index contributed by atoms with van der Waals surface area (Å²) in [6.07, 6.45) is 0.378. The third-order valence-corrected chi connectivity index (χ3v) is 4.46. The molecule has 0 unspecified atom stereocenters. The fraction of sp³-hybridized carbons (Fsp3) is 0.238. The second-order valence-electron chi connectivity index (χ2n) is 6.55. The van der Waals surface area contributed by atoms with Crippen LogP contribution in [0.3, 0.4) is 0 Å². The van der Waals surface area contributed by atoms with E-state index in [0.29, 0.717) is 28.2 Å². The van der Waals surface area contributed by atoms with Gasteiger partial charge in [0.05, 0.1) is 19.3 Å². The molecule has 0 saturated heterocycles. The largest absolute Gasteiger partial charge is 0.495 e. The molecule has 0 aliphatic carbocycles. The summed E-state index contributed by atoms with van der Waals surface area (Å²) in [6, 6.07) is 12.5. The number of nitrogens with zero attached hydrogens (tertiary/aromatic N) is 2. The molecule has 0 spiro atoms. The maximum atomic E-state index is 12.1. The smallest absolute Gasteiger partial charge is 0.243 e. The first kappa shape index (κ1) is 21.3. The number of amides is 2. The van der Waals surface area contributed by atoms with Crippen LogP contribution in [0.1, 0.15) is 17.9 Å². The number of anilines is 1. The van der Waals surface area contributed by atoms with Crippen molar-refractivity contribution in [1.82, 2.24) is 15.5 Å². The number of hydrogen-bond acceptors (Lipinski definition) is 6. The van der Waals surface area contributed by atoms with Crippen LogP contribution in [0.4, 0.5) is 5.69 Å². The summed E-state index contributed by atoms with van der Waals surface area (Å²) in [7, 11) is 1.53. The van der Waals surface area contributed by atoms with Crippen molar-refractivity contribution in [3.05, 3.63) is 58.9 Å². The fourth-order valence-corrected chi connectivity index (χ4v) is 2.80. The zero-order chi connectivity index (χ0) is 21.5. The Labute approximate surface area is 178 Å². The number of ether oxygens (including phenoxy) is 1. The minimum absolute atomic E-state index is 0.114. The minimum Gasteiger partial charge on any atom is -0.495 e. The van der Waals surface area contributed by atoms with Gasteiger partial charge in [0.2, 0.25) is 23.5 Å². The Morgan fingerprint density at radius 2 is 1.90 bits per heavy atom. The standard InChI is InChI=1S/C21H21ClN4O4/c1-13-3-8-17(29-2)16(11-13)24-19(28)12-23-18(27)9-10-20-25-21(26-30-20)14-4-6-15(22)7-5-14/h3-8,11H,9-10,12H2,1-2H3,(H,23,27)(H,24,28). The van der Waals surface area contributed by atoms with Crippen molar-refractivity contribution in [3.8, 4) is 17.1 Å². The molecule has 8 nitrogen and oxygen atoms in total. The lowest BCUT2D eigenvalue weighted by Gasteiger charge is -2.11. The molecule has 9 heteroatoms. The van der Waals surface area contributed by atoms with E-state index in [1.807, 2.05) is 13.0 Å². The van der Waals surface area contributed by atoms with E-state index in [1.54, 1.807) is 36.4 Å². The van der Waals surface area contributed by atoms with Crippen LogP contribution in [-0.4, -0.2) is 35.6 Å². The molecule has 0 atom stereocenters. The van der Waals surface area contributed by atoms with Crippen molar-refractivity contribution in [2.24, 2.45) is 0 Å². The molecule has 1 heterocycles. The van der Waals surface area contributed by atoms with Gasteiger partial charge in [-0.25, -0.2) is 0 Å². The van der Waals surface area contributed by atoms with Crippen LogP contribution in [0, 0.1) is 6.92 Å². The molecule has 2 amide bonds. The summed E-state index contributed by atoms with van der Waals surface area (Å²) in [5.41, 5.74) is 2.30. The van der Waals surface area contributed by atoms with Gasteiger partial charge in [0, 0.05) is 23.4 Å². The molecule has 0 radical (unpaired) electrons. The molecule has 0 bridgehead atoms. The molecule has 0 aliphatic heterocycles. The number of aromatic nitrogens is 2. The molecule has 1 aromatic heterocycles. The summed E-state index contributed by atoms with van der Waals surface area (Å²) in [5.74, 6) is 0.661. The molecule has 0 aliphatic rings. The summed E-state index contributed by atoms with van der Waals surface area (Å²) in [5, 5.41) is 9.82. The highest BCUT2D eigenvalue weighted by molar-refractivity contribution is 6.30. The predicted octanol–water partition coefficient (Wildman–Crippen LogP) is 3.39. The second-order valence-corrected chi connectivity index (χ2v) is 6.98. The zero-order valence-electron chi connectivity index (χ0n) is 16.6. The van der Waals surface area contributed by atoms with Gasteiger partial charge in [-0.3, -0.25) is 9.59 Å². The van der Waals surface area contributed by atoms with E-state index in [2.05, 4.69) is 20.8 Å². The van der Waals surface area contributed by atoms with Crippen molar-refractivity contribution >= 4 is 29.1 Å². The van der Waals surface area contributed by atoms with Crippen molar-refractivity contribution in [3.63, 3.8) is 0 Å². The normalized spacial score (nSPS) is 10.5. The lowest BCUT2D eigenvalue weighted by Crippen LogP contribution is -2.33. The Kier molecular flexibility index (Phi) is 7.03. The highest BCUT2D eigenvalue weighted by atomic mass is 35.5. The molecule has 30 heavy (non-hydrogen) atoms. The maximum Gasteiger partial charge on any atom is 0.243 e. The number of nitrogens with one attached hydrogen (secondary N) is 2. The predicted molar refractivity (Wildman–Crippen MR) is 112 cm³/mol. The highest BCUT2D eigenvalue weighted by Gasteiger charge is 2.12. The van der Waals surface area contributed by atoms with E-state index >= 15 is 0 Å². The van der Waals surface area contributed by atoms with Gasteiger partial charge in [-0.15, -0.1) is 0 Å². The van der Waals surface area contributed by atoms with Crippen LogP contribution >= 0.6 is 11.6 Å². The van der Waals surface area contributed by atoms with Gasteiger partial charge in [-0.05, 0) is 48.9 Å². The Balaban J connectivity index is 1.46. The number of benzene rings is 2. The Bertz CT molecular complexity index is 1030. The SMILES string of the molecule is COc1ccc(C)cc1NC(=O)CNC(=O)CCc1nc(-c2ccc(Cl)cc2)no1. The second kappa shape index (κ2) is 9.89. The van der Waals surface area contributed by atoms with E-state index < -0.39 is 0 Å². The molecule has 3 rings (SSSR count). The van der Waals surface area contributed by atoms with Gasteiger partial charge in [-0.2, -0.15) is 4.98 Å². The Morgan fingerprint density at radius 1 is 1.13 bits per heavy atom. The molecule has 0 saturated carbocycles. The zero-order valence-corrected chi connectivity index (χ0v) is 17.3. The molecule has 3 aromatic rings. The quantitative estimate of drug-likeness (QED) is 0.569. The van der Waals surface area contributed by atoms with E-state index in [1.165, 1.54) is 7.11 Å². The van der Waals surface area contributed by atoms with Crippen molar-refractivity contribution < 1.29 is 18.8 Å². The number of carbonyl (C=O) groups is 2. The van der Waals surface area contributed by atoms with Gasteiger partial charge >= 0.3 is 0 Å². The molecule has 156 valence electrons. The first-order valence-corrected chi connectivity index (χ1v) is 9.62. The molecule has 0 fully saturated rings. The molecular formula is C21H21ClN4O4. The minimum atomic E-state index is -0.352. The number of rotatable bonds is 8. The summed E-state index contributed by atoms with van der Waals surface area (Å²) in [4.78, 5) is 28.4. The van der Waals surface area contributed by atoms with Crippen molar-refractivity contribution in [2.45, 2.75) is 19.8 Å². The summed E-state index contributed by atoms with van der Waals surface area (Å²) >= 11 is 5.86. The van der Waals surface area contributed by atoms with E-state index in [4.69, 9.17) is 20.9 Å².